The molecule has 4 aromatic rings. The number of hydrogen-bond acceptors (Lipinski definition) is 7. The highest BCUT2D eigenvalue weighted by Gasteiger charge is 2.18. The molecular formula is C25H28N4O4. The molecule has 3 N–H and O–H groups in total. The van der Waals surface area contributed by atoms with E-state index in [4.69, 9.17) is 29.7 Å². The molecule has 0 amide bonds. The second-order valence-electron chi connectivity index (χ2n) is 7.55. The van der Waals surface area contributed by atoms with Crippen molar-refractivity contribution >= 4 is 22.7 Å². The van der Waals surface area contributed by atoms with Crippen molar-refractivity contribution in [2.75, 3.05) is 39.1 Å². The van der Waals surface area contributed by atoms with Crippen molar-refractivity contribution in [3.05, 3.63) is 65.7 Å². The predicted molar refractivity (Wildman–Crippen MR) is 129 cm³/mol. The van der Waals surface area contributed by atoms with Crippen molar-refractivity contribution < 1.29 is 18.9 Å². The smallest absolute Gasteiger partial charge is 0.204 e. The van der Waals surface area contributed by atoms with Crippen LogP contribution in [0.15, 0.2) is 54.6 Å². The number of anilines is 2. The van der Waals surface area contributed by atoms with Crippen LogP contribution in [0.25, 0.3) is 11.0 Å². The first-order chi connectivity index (χ1) is 16.0. The summed E-state index contributed by atoms with van der Waals surface area (Å²) in [6.45, 7) is 1.08. The van der Waals surface area contributed by atoms with Crippen molar-refractivity contribution in [2.45, 2.75) is 13.1 Å². The van der Waals surface area contributed by atoms with E-state index in [1.165, 1.54) is 0 Å². The van der Waals surface area contributed by atoms with Crippen LogP contribution in [-0.4, -0.2) is 38.4 Å². The van der Waals surface area contributed by atoms with Gasteiger partial charge in [-0.1, -0.05) is 0 Å². The Morgan fingerprint density at radius 3 is 1.85 bits per heavy atom. The Labute approximate surface area is 192 Å². The fraction of sp³-hybridized carbons (Fsp3) is 0.240. The number of hydrogen-bond donors (Lipinski definition) is 2. The van der Waals surface area contributed by atoms with E-state index in [0.29, 0.717) is 24.7 Å². The molecule has 0 aliphatic carbocycles. The summed E-state index contributed by atoms with van der Waals surface area (Å²) < 4.78 is 22.0. The van der Waals surface area contributed by atoms with Crippen LogP contribution >= 0.6 is 0 Å². The minimum absolute atomic E-state index is 0.539. The number of rotatable bonds is 9. The number of ether oxygens (including phenoxy) is 4. The summed E-state index contributed by atoms with van der Waals surface area (Å²) >= 11 is 0. The van der Waals surface area contributed by atoms with E-state index in [2.05, 4.69) is 9.88 Å². The maximum atomic E-state index is 5.97. The average molecular weight is 449 g/mol. The highest BCUT2D eigenvalue weighted by Crippen LogP contribution is 2.31. The average Bonchev–Trinajstić information content (AvgIpc) is 3.27. The lowest BCUT2D eigenvalue weighted by Crippen LogP contribution is -2.24. The molecule has 0 saturated heterocycles. The largest absolute Gasteiger partial charge is 0.497 e. The Hall–Kier alpha value is -4.07. The van der Waals surface area contributed by atoms with Crippen molar-refractivity contribution in [3.63, 3.8) is 0 Å². The zero-order valence-corrected chi connectivity index (χ0v) is 19.2. The van der Waals surface area contributed by atoms with E-state index < -0.39 is 0 Å². The fourth-order valence-electron chi connectivity index (χ4n) is 3.75. The summed E-state index contributed by atoms with van der Waals surface area (Å²) in [5, 5.41) is 0. The topological polar surface area (TPSA) is 94.9 Å². The van der Waals surface area contributed by atoms with Gasteiger partial charge >= 0.3 is 0 Å². The third-order valence-corrected chi connectivity index (χ3v) is 5.50. The zero-order chi connectivity index (χ0) is 23.4. The molecule has 8 nitrogen and oxygen atoms in total. The van der Waals surface area contributed by atoms with Gasteiger partial charge in [0.25, 0.3) is 0 Å². The van der Waals surface area contributed by atoms with Crippen LogP contribution in [0.3, 0.4) is 0 Å². The van der Waals surface area contributed by atoms with E-state index in [0.717, 1.165) is 45.2 Å². The molecule has 0 aliphatic rings. The predicted octanol–water partition coefficient (Wildman–Crippen LogP) is 4.39. The summed E-state index contributed by atoms with van der Waals surface area (Å²) in [5.41, 5.74) is 10.3. The molecule has 8 heteroatoms. The highest BCUT2D eigenvalue weighted by atomic mass is 16.5. The number of nitrogens with two attached hydrogens (primary N) is 1. The molecule has 0 radical (unpaired) electrons. The number of fused-ring (bicyclic) bond motifs is 1. The zero-order valence-electron chi connectivity index (χ0n) is 19.2. The molecule has 0 atom stereocenters. The number of methoxy groups -OCH3 is 4. The van der Waals surface area contributed by atoms with Gasteiger partial charge in [-0.2, -0.15) is 0 Å². The van der Waals surface area contributed by atoms with E-state index in [9.17, 15) is 0 Å². The Morgan fingerprint density at radius 2 is 1.33 bits per heavy atom. The Morgan fingerprint density at radius 1 is 0.758 bits per heavy atom. The standard InChI is InChI=1S/C25H28N4O4/c1-30-19-8-5-16(23(12-19)32-3)14-29(15-17-6-9-20(31-2)13-24(17)33-4)25-27-21-10-7-18(26)11-22(21)28-25/h5-13H,14-15,26H2,1-4H3,(H,27,28). The molecule has 0 unspecified atom stereocenters. The van der Waals surface area contributed by atoms with Gasteiger partial charge in [0.15, 0.2) is 0 Å². The number of nitrogen functional groups attached to an aromatic ring is 1. The molecule has 3 aromatic carbocycles. The van der Waals surface area contributed by atoms with Crippen molar-refractivity contribution in [1.29, 1.82) is 0 Å². The van der Waals surface area contributed by atoms with Gasteiger partial charge in [-0.05, 0) is 42.5 Å². The van der Waals surface area contributed by atoms with Gasteiger partial charge < -0.3 is 34.6 Å². The van der Waals surface area contributed by atoms with E-state index >= 15 is 0 Å². The number of benzene rings is 3. The monoisotopic (exact) mass is 448 g/mol. The Kier molecular flexibility index (Phi) is 6.44. The molecule has 33 heavy (non-hydrogen) atoms. The van der Waals surface area contributed by atoms with Crippen molar-refractivity contribution in [2.24, 2.45) is 0 Å². The van der Waals surface area contributed by atoms with Crippen LogP contribution in [0.5, 0.6) is 23.0 Å². The number of imidazole rings is 1. The molecule has 1 heterocycles. The summed E-state index contributed by atoms with van der Waals surface area (Å²) in [7, 11) is 6.58. The van der Waals surface area contributed by atoms with Gasteiger partial charge in [0.05, 0.1) is 39.5 Å². The minimum Gasteiger partial charge on any atom is -0.497 e. The van der Waals surface area contributed by atoms with Crippen LogP contribution in [0.2, 0.25) is 0 Å². The third-order valence-electron chi connectivity index (χ3n) is 5.50. The quantitative estimate of drug-likeness (QED) is 0.367. The minimum atomic E-state index is 0.539. The number of nitrogens with one attached hydrogen (secondary N) is 1. The molecule has 0 bridgehead atoms. The van der Waals surface area contributed by atoms with Gasteiger partial charge in [-0.25, -0.2) is 4.98 Å². The van der Waals surface area contributed by atoms with Gasteiger partial charge in [-0.15, -0.1) is 0 Å². The van der Waals surface area contributed by atoms with Crippen LogP contribution in [0.4, 0.5) is 11.6 Å². The number of aromatic nitrogens is 2. The first-order valence-corrected chi connectivity index (χ1v) is 10.5. The van der Waals surface area contributed by atoms with Gasteiger partial charge in [0.1, 0.15) is 23.0 Å². The van der Waals surface area contributed by atoms with E-state index in [1.807, 2.05) is 54.6 Å². The summed E-state index contributed by atoms with van der Waals surface area (Å²) in [4.78, 5) is 10.3. The third kappa shape index (κ3) is 4.74. The lowest BCUT2D eigenvalue weighted by atomic mass is 10.1. The fourth-order valence-corrected chi connectivity index (χ4v) is 3.75. The van der Waals surface area contributed by atoms with Crippen LogP contribution in [0.1, 0.15) is 11.1 Å². The SMILES string of the molecule is COc1ccc(CN(Cc2ccc(OC)cc2OC)c2nc3ccc(N)cc3[nH]2)c(OC)c1. The van der Waals surface area contributed by atoms with Crippen molar-refractivity contribution in [3.8, 4) is 23.0 Å². The maximum Gasteiger partial charge on any atom is 0.204 e. The molecule has 0 saturated carbocycles. The Balaban J connectivity index is 1.75. The van der Waals surface area contributed by atoms with Crippen LogP contribution in [-0.2, 0) is 13.1 Å². The lowest BCUT2D eigenvalue weighted by molar-refractivity contribution is 0.389. The molecule has 172 valence electrons. The van der Waals surface area contributed by atoms with Gasteiger partial charge in [-0.3, -0.25) is 0 Å². The lowest BCUT2D eigenvalue weighted by Gasteiger charge is -2.24. The maximum absolute atomic E-state index is 5.97. The van der Waals surface area contributed by atoms with Gasteiger partial charge in [0, 0.05) is 42.0 Å². The highest BCUT2D eigenvalue weighted by molar-refractivity contribution is 5.81. The van der Waals surface area contributed by atoms with E-state index in [1.54, 1.807) is 28.4 Å². The summed E-state index contributed by atoms with van der Waals surface area (Å²) in [6.07, 6.45) is 0. The molecule has 1 aromatic heterocycles. The number of nitrogens with zero attached hydrogens (tertiary/aromatic N) is 2. The summed E-state index contributed by atoms with van der Waals surface area (Å²) in [5.74, 6) is 3.66. The van der Waals surface area contributed by atoms with Crippen molar-refractivity contribution in [1.82, 2.24) is 9.97 Å². The second-order valence-corrected chi connectivity index (χ2v) is 7.55. The molecule has 0 spiro atoms. The normalized spacial score (nSPS) is 10.8. The van der Waals surface area contributed by atoms with E-state index in [-0.39, 0.29) is 0 Å². The number of aromatic amines is 1. The van der Waals surface area contributed by atoms with Crippen LogP contribution < -0.4 is 29.6 Å². The van der Waals surface area contributed by atoms with Gasteiger partial charge in [0.2, 0.25) is 5.95 Å². The molecule has 4 rings (SSSR count). The molecule has 0 aliphatic heterocycles. The first kappa shape index (κ1) is 22.1. The molecular weight excluding hydrogens is 420 g/mol. The van der Waals surface area contributed by atoms with Crippen LogP contribution in [0, 0.1) is 0 Å². The molecule has 0 fully saturated rings. The number of H-pyrrole nitrogens is 1. The first-order valence-electron chi connectivity index (χ1n) is 10.5. The summed E-state index contributed by atoms with van der Waals surface area (Å²) in [6, 6.07) is 17.2. The Bertz CT molecular complexity index is 1200. The second kappa shape index (κ2) is 9.60.